The second-order valence-corrected chi connectivity index (χ2v) is 17.3. The van der Waals surface area contributed by atoms with Crippen LogP contribution in [0.1, 0.15) is 54.4 Å². The van der Waals surface area contributed by atoms with Gasteiger partial charge in [0.15, 0.2) is 0 Å². The molecule has 0 unspecified atom stereocenters. The van der Waals surface area contributed by atoms with Gasteiger partial charge in [0.05, 0.1) is 0 Å². The number of hydrogen-bond acceptors (Lipinski definition) is 0. The van der Waals surface area contributed by atoms with Crippen LogP contribution >= 0.6 is 0 Å². The molecule has 0 aromatic rings. The fourth-order valence-corrected chi connectivity index (χ4v) is 1.84. The molecule has 2 heteroatoms. The number of hydrogen-bond donors (Lipinski definition) is 0. The van der Waals surface area contributed by atoms with E-state index in [4.69, 9.17) is 0 Å². The van der Waals surface area contributed by atoms with Gasteiger partial charge >= 0.3 is 41.9 Å². The number of rotatable bonds is 0. The Kier molecular flexibility index (Phi) is 10.1. The molecule has 0 saturated carbocycles. The topological polar surface area (TPSA) is 0 Å². The normalized spacial score (nSPS) is 16.3. The first kappa shape index (κ1) is 22.1. The van der Waals surface area contributed by atoms with Gasteiger partial charge in [-0.05, 0) is 0 Å². The summed E-state index contributed by atoms with van der Waals surface area (Å²) >= 11 is 1.74. The Morgan fingerprint density at radius 1 is 0.818 bits per heavy atom. The molecule has 0 N–H and O–H groups in total. The zero-order valence-electron chi connectivity index (χ0n) is 15.7. The van der Waals surface area contributed by atoms with Gasteiger partial charge in [-0.25, -0.2) is 12.2 Å². The second-order valence-electron chi connectivity index (χ2n) is 7.92. The third-order valence-electron chi connectivity index (χ3n) is 3.13. The summed E-state index contributed by atoms with van der Waals surface area (Å²) in [5.41, 5.74) is 3.69. The van der Waals surface area contributed by atoms with Crippen LogP contribution in [0.15, 0.2) is 35.5 Å². The monoisotopic (exact) mass is 390 g/mol. The molecule has 22 heavy (non-hydrogen) atoms. The predicted octanol–water partition coefficient (Wildman–Crippen LogP) is 6.23. The Morgan fingerprint density at radius 2 is 1.09 bits per heavy atom. The van der Waals surface area contributed by atoms with Crippen LogP contribution in [0.4, 0.5) is 0 Å². The summed E-state index contributed by atoms with van der Waals surface area (Å²) < 4.78 is 0. The van der Waals surface area contributed by atoms with Crippen LogP contribution in [0.25, 0.3) is 0 Å². The predicted molar refractivity (Wildman–Crippen MR) is 97.4 cm³/mol. The van der Waals surface area contributed by atoms with E-state index in [1.807, 2.05) is 0 Å². The average Bonchev–Trinajstić information content (AvgIpc) is 3.02. The maximum absolute atomic E-state index is 3.16. The van der Waals surface area contributed by atoms with Crippen molar-refractivity contribution in [3.05, 3.63) is 47.6 Å². The molecule has 0 saturated heterocycles. The van der Waals surface area contributed by atoms with Gasteiger partial charge in [-0.2, -0.15) is 23.3 Å². The maximum atomic E-state index is 3.16. The average molecular weight is 392 g/mol. The molecule has 0 aromatic carbocycles. The van der Waals surface area contributed by atoms with Crippen molar-refractivity contribution in [2.75, 3.05) is 0 Å². The SMILES string of the molecule is CC(C)(C)C1=CC[C-]=C1.CC(C)(C)C1=CC[C-]=C1.C[Si](C)=[Zr+2]. The third-order valence-corrected chi connectivity index (χ3v) is 3.13. The molecule has 0 aliphatic heterocycles. The molecule has 0 fully saturated rings. The van der Waals surface area contributed by atoms with Crippen LogP contribution in [0.3, 0.4) is 0 Å². The van der Waals surface area contributed by atoms with Gasteiger partial charge in [0, 0.05) is 0 Å². The molecule has 120 valence electrons. The van der Waals surface area contributed by atoms with E-state index in [0.29, 0.717) is 10.8 Å². The van der Waals surface area contributed by atoms with Crippen molar-refractivity contribution in [1.82, 2.24) is 0 Å². The molecule has 0 bridgehead atoms. The fraction of sp³-hybridized carbons (Fsp3) is 0.600. The van der Waals surface area contributed by atoms with Gasteiger partial charge in [-0.15, -0.1) is 12.8 Å². The minimum absolute atomic E-state index is 0.210. The van der Waals surface area contributed by atoms with E-state index in [9.17, 15) is 0 Å². The molecule has 0 aromatic heterocycles. The second kappa shape index (κ2) is 10.0. The zero-order chi connectivity index (χ0) is 17.4. The van der Waals surface area contributed by atoms with E-state index >= 15 is 0 Å². The molecule has 2 rings (SSSR count). The van der Waals surface area contributed by atoms with Gasteiger partial charge in [-0.3, -0.25) is 12.2 Å². The molecular formula is C20H32SiZr. The third kappa shape index (κ3) is 10.7. The van der Waals surface area contributed by atoms with Crippen molar-refractivity contribution in [3.63, 3.8) is 0 Å². The zero-order valence-corrected chi connectivity index (χ0v) is 19.2. The van der Waals surface area contributed by atoms with E-state index in [2.05, 4.69) is 91.1 Å². The van der Waals surface area contributed by atoms with E-state index in [-0.39, 0.29) is 5.43 Å². The van der Waals surface area contributed by atoms with E-state index < -0.39 is 0 Å². The first-order valence-electron chi connectivity index (χ1n) is 8.01. The van der Waals surface area contributed by atoms with Crippen molar-refractivity contribution < 1.29 is 23.3 Å². The molecule has 2 aliphatic carbocycles. The molecule has 0 radical (unpaired) electrons. The van der Waals surface area contributed by atoms with Gasteiger partial charge in [0.25, 0.3) is 0 Å². The summed E-state index contributed by atoms with van der Waals surface area (Å²) in [6.45, 7) is 18.0. The fourth-order valence-electron chi connectivity index (χ4n) is 1.84. The van der Waals surface area contributed by atoms with Gasteiger partial charge < -0.3 is 0 Å². The van der Waals surface area contributed by atoms with Crippen molar-refractivity contribution in [2.24, 2.45) is 10.8 Å². The van der Waals surface area contributed by atoms with Gasteiger partial charge in [0.1, 0.15) is 0 Å². The Bertz CT molecular complexity index is 433. The van der Waals surface area contributed by atoms with Crippen molar-refractivity contribution in [2.45, 2.75) is 67.5 Å². The Balaban J connectivity index is 0.000000326. The van der Waals surface area contributed by atoms with Crippen LogP contribution in [0.5, 0.6) is 0 Å². The van der Waals surface area contributed by atoms with Crippen molar-refractivity contribution in [3.8, 4) is 0 Å². The molecule has 0 amide bonds. The Hall–Kier alpha value is 0.0600. The van der Waals surface area contributed by atoms with E-state index in [0.717, 1.165) is 12.8 Å². The van der Waals surface area contributed by atoms with Crippen molar-refractivity contribution >= 4 is 5.43 Å². The Morgan fingerprint density at radius 3 is 1.18 bits per heavy atom. The summed E-state index contributed by atoms with van der Waals surface area (Å²) in [7, 11) is 0. The standard InChI is InChI=1S/2C9H13.C2H6Si.Zr/c2*1-9(2,3)8-6-4-5-7-8;1-3-2;/h2*6-7H,4H2,1-3H3;1-2H3;/q2*-1;;+2. The van der Waals surface area contributed by atoms with Crippen molar-refractivity contribution in [1.29, 1.82) is 0 Å². The minimum atomic E-state index is 0.210. The summed E-state index contributed by atoms with van der Waals surface area (Å²) in [4.78, 5) is 0. The molecule has 0 spiro atoms. The van der Waals surface area contributed by atoms with Crippen LogP contribution in [-0.2, 0) is 23.3 Å². The molecular weight excluding hydrogens is 360 g/mol. The van der Waals surface area contributed by atoms with Gasteiger partial charge in [0.2, 0.25) is 0 Å². The molecule has 0 nitrogen and oxygen atoms in total. The van der Waals surface area contributed by atoms with Crippen LogP contribution in [0.2, 0.25) is 13.1 Å². The van der Waals surface area contributed by atoms with E-state index in [1.54, 1.807) is 23.3 Å². The summed E-state index contributed by atoms with van der Waals surface area (Å²) in [6.07, 6.45) is 17.0. The van der Waals surface area contributed by atoms with Crippen LogP contribution in [0, 0.1) is 23.0 Å². The van der Waals surface area contributed by atoms with Gasteiger partial charge in [-0.1, -0.05) is 52.4 Å². The summed E-state index contributed by atoms with van der Waals surface area (Å²) in [6, 6.07) is 0. The van der Waals surface area contributed by atoms with E-state index in [1.165, 1.54) is 11.1 Å². The summed E-state index contributed by atoms with van der Waals surface area (Å²) in [5, 5.41) is 0. The number of allylic oxidation sites excluding steroid dienone is 8. The first-order valence-corrected chi connectivity index (χ1v) is 14.2. The first-order chi connectivity index (χ1) is 9.94. The van der Waals surface area contributed by atoms with Crippen LogP contribution in [-0.4, -0.2) is 5.43 Å². The molecule has 0 atom stereocenters. The molecule has 0 heterocycles. The van der Waals surface area contributed by atoms with Crippen LogP contribution < -0.4 is 0 Å². The Labute approximate surface area is 154 Å². The quantitative estimate of drug-likeness (QED) is 0.339. The summed E-state index contributed by atoms with van der Waals surface area (Å²) in [5.74, 6) is 0. The molecule has 2 aliphatic rings.